The Morgan fingerprint density at radius 1 is 1.18 bits per heavy atom. The number of rotatable bonds is 8. The summed E-state index contributed by atoms with van der Waals surface area (Å²) in [5.74, 6) is -1.11. The topological polar surface area (TPSA) is 94.8 Å². The van der Waals surface area contributed by atoms with Crippen LogP contribution in [0.4, 0.5) is 10.1 Å². The first-order chi connectivity index (χ1) is 16.4. The highest BCUT2D eigenvalue weighted by atomic mass is 35.5. The molecule has 1 atom stereocenters. The van der Waals surface area contributed by atoms with Crippen molar-refractivity contribution in [3.05, 3.63) is 87.0 Å². The summed E-state index contributed by atoms with van der Waals surface area (Å²) in [5.41, 5.74) is 2.31. The molecule has 2 aromatic carbocycles. The molecule has 1 aliphatic rings. The molecule has 0 saturated carbocycles. The van der Waals surface area contributed by atoms with Gasteiger partial charge in [-0.1, -0.05) is 29.3 Å². The molecule has 0 fully saturated rings. The van der Waals surface area contributed by atoms with Crippen molar-refractivity contribution in [3.8, 4) is 0 Å². The van der Waals surface area contributed by atoms with Crippen LogP contribution >= 0.6 is 23.2 Å². The monoisotopic (exact) mass is 505 g/mol. The van der Waals surface area contributed by atoms with Crippen molar-refractivity contribution < 1.29 is 23.5 Å². The van der Waals surface area contributed by atoms with Crippen LogP contribution in [-0.4, -0.2) is 42.7 Å². The zero-order valence-electron chi connectivity index (χ0n) is 18.0. The largest absolute Gasteiger partial charge is 0.459 e. The third kappa shape index (κ3) is 5.19. The van der Waals surface area contributed by atoms with Crippen LogP contribution in [0.25, 0.3) is 0 Å². The Morgan fingerprint density at radius 3 is 2.74 bits per heavy atom. The fraction of sp³-hybridized carbons (Fsp3) is 0.250. The lowest BCUT2D eigenvalue weighted by molar-refractivity contribution is 0.0915. The quantitative estimate of drug-likeness (QED) is 0.432. The summed E-state index contributed by atoms with van der Waals surface area (Å²) >= 11 is 12.7. The van der Waals surface area contributed by atoms with Gasteiger partial charge in [-0.05, 0) is 53.9 Å². The minimum atomic E-state index is -0.613. The molecule has 1 aromatic heterocycles. The van der Waals surface area contributed by atoms with Crippen LogP contribution in [0.1, 0.15) is 32.0 Å². The Morgan fingerprint density at radius 2 is 2.00 bits per heavy atom. The predicted octanol–water partition coefficient (Wildman–Crippen LogP) is 3.81. The SMILES string of the molecule is O=C(NCc1ccc(Cl)c(C(=O)N[C@@H](CO)CN2CCc3cc(F)ccc32)c1Cl)c1ccco1. The van der Waals surface area contributed by atoms with Gasteiger partial charge in [0, 0.05) is 25.3 Å². The van der Waals surface area contributed by atoms with Crippen molar-refractivity contribution in [1.82, 2.24) is 10.6 Å². The molecule has 0 unspecified atom stereocenters. The Kier molecular flexibility index (Phi) is 7.41. The van der Waals surface area contributed by atoms with Gasteiger partial charge in [0.15, 0.2) is 5.76 Å². The van der Waals surface area contributed by atoms with E-state index in [9.17, 15) is 19.1 Å². The normalized spacial score (nSPS) is 13.5. The van der Waals surface area contributed by atoms with Gasteiger partial charge in [0.25, 0.3) is 11.8 Å². The first-order valence-corrected chi connectivity index (χ1v) is 11.4. The minimum absolute atomic E-state index is 0.0513. The molecule has 0 saturated heterocycles. The van der Waals surface area contributed by atoms with Gasteiger partial charge in [0.1, 0.15) is 5.82 Å². The van der Waals surface area contributed by atoms with Crippen molar-refractivity contribution in [2.24, 2.45) is 0 Å². The number of amides is 2. The molecule has 2 amide bonds. The van der Waals surface area contributed by atoms with Gasteiger partial charge in [0.2, 0.25) is 0 Å². The molecule has 0 spiro atoms. The van der Waals surface area contributed by atoms with Crippen molar-refractivity contribution in [2.75, 3.05) is 24.6 Å². The number of hydrogen-bond acceptors (Lipinski definition) is 5. The van der Waals surface area contributed by atoms with Crippen LogP contribution in [-0.2, 0) is 13.0 Å². The number of benzene rings is 2. The predicted molar refractivity (Wildman–Crippen MR) is 127 cm³/mol. The van der Waals surface area contributed by atoms with Gasteiger partial charge in [-0.3, -0.25) is 9.59 Å². The molecule has 1 aliphatic heterocycles. The van der Waals surface area contributed by atoms with Crippen molar-refractivity contribution in [1.29, 1.82) is 0 Å². The van der Waals surface area contributed by atoms with Crippen LogP contribution in [0.2, 0.25) is 10.0 Å². The Balaban J connectivity index is 1.44. The van der Waals surface area contributed by atoms with E-state index in [0.29, 0.717) is 25.1 Å². The summed E-state index contributed by atoms with van der Waals surface area (Å²) in [4.78, 5) is 27.1. The number of furan rings is 1. The Bertz CT molecular complexity index is 1200. The van der Waals surface area contributed by atoms with E-state index in [1.807, 2.05) is 4.90 Å². The zero-order valence-corrected chi connectivity index (χ0v) is 19.5. The maximum absolute atomic E-state index is 13.5. The molecule has 0 radical (unpaired) electrons. The molecule has 3 N–H and O–H groups in total. The highest BCUT2D eigenvalue weighted by Crippen LogP contribution is 2.30. The maximum atomic E-state index is 13.5. The van der Waals surface area contributed by atoms with E-state index in [0.717, 1.165) is 11.3 Å². The molecular formula is C24H22Cl2FN3O4. The molecule has 2 heterocycles. The second-order valence-electron chi connectivity index (χ2n) is 7.88. The molecule has 3 aromatic rings. The number of aliphatic hydroxyl groups excluding tert-OH is 1. The average molecular weight is 506 g/mol. The molecule has 34 heavy (non-hydrogen) atoms. The van der Waals surface area contributed by atoms with Crippen molar-refractivity contribution >= 4 is 40.7 Å². The highest BCUT2D eigenvalue weighted by molar-refractivity contribution is 6.40. The van der Waals surface area contributed by atoms with E-state index in [1.54, 1.807) is 18.2 Å². The lowest BCUT2D eigenvalue weighted by Gasteiger charge is -2.26. The van der Waals surface area contributed by atoms with Crippen LogP contribution in [0.15, 0.2) is 53.1 Å². The number of anilines is 1. The van der Waals surface area contributed by atoms with Gasteiger partial charge in [0.05, 0.1) is 34.5 Å². The summed E-state index contributed by atoms with van der Waals surface area (Å²) in [6.07, 6.45) is 2.08. The number of carbonyl (C=O) groups excluding carboxylic acids is 2. The fourth-order valence-corrected chi connectivity index (χ4v) is 4.52. The summed E-state index contributed by atoms with van der Waals surface area (Å²) in [7, 11) is 0. The Hall–Kier alpha value is -3.07. The standard InChI is InChI=1S/C24H22Cl2FN3O4/c25-18-5-3-15(11-28-23(32)20-2-1-9-34-20)22(26)21(18)24(33)29-17(13-31)12-30-8-7-14-10-16(27)4-6-19(14)30/h1-6,9-10,17,31H,7-8,11-13H2,(H,28,32)(H,29,33)/t17-/m1/s1. The van der Waals surface area contributed by atoms with Gasteiger partial charge in [-0.2, -0.15) is 0 Å². The van der Waals surface area contributed by atoms with E-state index in [4.69, 9.17) is 27.6 Å². The lowest BCUT2D eigenvalue weighted by atomic mass is 10.1. The number of nitrogens with one attached hydrogen (secondary N) is 2. The number of nitrogens with zero attached hydrogens (tertiary/aromatic N) is 1. The first-order valence-electron chi connectivity index (χ1n) is 10.6. The third-order valence-corrected chi connectivity index (χ3v) is 6.36. The first kappa shape index (κ1) is 24.1. The van der Waals surface area contributed by atoms with E-state index in [2.05, 4.69) is 10.6 Å². The molecule has 10 heteroatoms. The van der Waals surface area contributed by atoms with Gasteiger partial charge in [-0.15, -0.1) is 0 Å². The van der Waals surface area contributed by atoms with Gasteiger partial charge < -0.3 is 25.1 Å². The summed E-state index contributed by atoms with van der Waals surface area (Å²) in [6, 6.07) is 10.2. The van der Waals surface area contributed by atoms with Crippen LogP contribution < -0.4 is 15.5 Å². The zero-order chi connectivity index (χ0) is 24.2. The lowest BCUT2D eigenvalue weighted by Crippen LogP contribution is -2.46. The average Bonchev–Trinajstić information content (AvgIpc) is 3.48. The minimum Gasteiger partial charge on any atom is -0.459 e. The number of hydrogen-bond donors (Lipinski definition) is 3. The van der Waals surface area contributed by atoms with Crippen LogP contribution in [0, 0.1) is 5.82 Å². The number of aliphatic hydroxyl groups is 1. The molecule has 4 rings (SSSR count). The third-order valence-electron chi connectivity index (χ3n) is 5.61. The number of halogens is 3. The van der Waals surface area contributed by atoms with E-state index < -0.39 is 17.9 Å². The number of fused-ring (bicyclic) bond motifs is 1. The Labute approximate surface area is 205 Å². The van der Waals surface area contributed by atoms with E-state index in [-0.39, 0.29) is 40.3 Å². The van der Waals surface area contributed by atoms with Crippen LogP contribution in [0.3, 0.4) is 0 Å². The molecule has 178 valence electrons. The number of carbonyl (C=O) groups is 2. The van der Waals surface area contributed by atoms with E-state index in [1.165, 1.54) is 30.5 Å². The summed E-state index contributed by atoms with van der Waals surface area (Å²) in [6.45, 7) is 0.722. The van der Waals surface area contributed by atoms with Gasteiger partial charge >= 0.3 is 0 Å². The fourth-order valence-electron chi connectivity index (χ4n) is 3.91. The van der Waals surface area contributed by atoms with Crippen molar-refractivity contribution in [2.45, 2.75) is 19.0 Å². The second kappa shape index (κ2) is 10.5. The highest BCUT2D eigenvalue weighted by Gasteiger charge is 2.25. The molecular weight excluding hydrogens is 484 g/mol. The summed E-state index contributed by atoms with van der Waals surface area (Å²) < 4.78 is 18.5. The van der Waals surface area contributed by atoms with Crippen LogP contribution in [0.5, 0.6) is 0 Å². The molecule has 7 nitrogen and oxygen atoms in total. The molecule has 0 aliphatic carbocycles. The second-order valence-corrected chi connectivity index (χ2v) is 8.66. The van der Waals surface area contributed by atoms with Crippen molar-refractivity contribution in [3.63, 3.8) is 0 Å². The van der Waals surface area contributed by atoms with E-state index >= 15 is 0 Å². The maximum Gasteiger partial charge on any atom is 0.287 e. The molecule has 0 bridgehead atoms. The van der Waals surface area contributed by atoms with Gasteiger partial charge in [-0.25, -0.2) is 4.39 Å². The smallest absolute Gasteiger partial charge is 0.287 e. The summed E-state index contributed by atoms with van der Waals surface area (Å²) in [5, 5.41) is 15.6.